The molecular formula is C10H12N3OS+. The van der Waals surface area contributed by atoms with Gasteiger partial charge in [0.2, 0.25) is 5.91 Å². The highest BCUT2D eigenvalue weighted by Gasteiger charge is 2.38. The molecule has 0 aromatic carbocycles. The molecule has 78 valence electrons. The van der Waals surface area contributed by atoms with E-state index in [9.17, 15) is 4.79 Å². The maximum atomic E-state index is 11.3. The molecule has 0 spiro atoms. The Labute approximate surface area is 91.9 Å². The van der Waals surface area contributed by atoms with E-state index in [2.05, 4.69) is 5.10 Å². The van der Waals surface area contributed by atoms with Crippen molar-refractivity contribution in [3.63, 3.8) is 0 Å². The Balaban J connectivity index is 1.74. The van der Waals surface area contributed by atoms with Gasteiger partial charge in [0, 0.05) is 23.6 Å². The van der Waals surface area contributed by atoms with Gasteiger partial charge in [-0.25, -0.2) is 0 Å². The van der Waals surface area contributed by atoms with Crippen LogP contribution >= 0.6 is 11.8 Å². The van der Waals surface area contributed by atoms with Crippen LogP contribution in [0.5, 0.6) is 0 Å². The molecular weight excluding hydrogens is 210 g/mol. The number of nitrogens with zero attached hydrogens (tertiary/aromatic N) is 2. The third-order valence-electron chi connectivity index (χ3n) is 2.71. The number of aromatic nitrogens is 2. The summed E-state index contributed by atoms with van der Waals surface area (Å²) in [4.78, 5) is 13.1. The van der Waals surface area contributed by atoms with Crippen molar-refractivity contribution in [3.8, 4) is 0 Å². The van der Waals surface area contributed by atoms with E-state index < -0.39 is 0 Å². The Morgan fingerprint density at radius 1 is 1.67 bits per heavy atom. The summed E-state index contributed by atoms with van der Waals surface area (Å²) in [5.41, 5.74) is 1.29. The summed E-state index contributed by atoms with van der Waals surface area (Å²) in [5, 5.41) is 3.51. The van der Waals surface area contributed by atoms with E-state index in [4.69, 9.17) is 0 Å². The standard InChI is InChI=1S/C10H11N3OS/c14-9-4-10-13(9)6-8(7-15-10)5-12-3-1-2-11-12/h1-3,6,10H,4-5,7H2/p+1/t10-/m1/s1. The number of hydrogen-bond acceptors (Lipinski definition) is 2. The van der Waals surface area contributed by atoms with E-state index in [0.717, 1.165) is 12.3 Å². The van der Waals surface area contributed by atoms with Crippen LogP contribution in [0.3, 0.4) is 0 Å². The fraction of sp³-hybridized carbons (Fsp3) is 0.400. The van der Waals surface area contributed by atoms with Crippen LogP contribution in [-0.4, -0.2) is 27.0 Å². The minimum absolute atomic E-state index is 0.251. The molecule has 0 saturated carbocycles. The number of fused-ring (bicyclic) bond motifs is 1. The van der Waals surface area contributed by atoms with E-state index in [0.29, 0.717) is 11.8 Å². The monoisotopic (exact) mass is 222 g/mol. The number of amides is 1. The van der Waals surface area contributed by atoms with Crippen LogP contribution in [0.15, 0.2) is 30.2 Å². The second kappa shape index (κ2) is 3.41. The summed E-state index contributed by atoms with van der Waals surface area (Å²) in [7, 11) is 0. The second-order valence-electron chi connectivity index (χ2n) is 3.82. The number of thioether (sulfide) groups is 1. The number of β-lactam (4-membered cyclic amide) rings is 1. The lowest BCUT2D eigenvalue weighted by Crippen LogP contribution is -2.50. The molecule has 0 aliphatic carbocycles. The maximum absolute atomic E-state index is 11.3. The first-order valence-corrected chi connectivity index (χ1v) is 6.03. The Bertz CT molecular complexity index is 412. The molecule has 0 radical (unpaired) electrons. The second-order valence-corrected chi connectivity index (χ2v) is 4.99. The molecule has 0 bridgehead atoms. The van der Waals surface area contributed by atoms with E-state index in [1.165, 1.54) is 5.57 Å². The lowest BCUT2D eigenvalue weighted by Gasteiger charge is -2.40. The first-order chi connectivity index (χ1) is 7.33. The number of carbonyl (C=O) groups excluding carboxylic acids is 1. The van der Waals surface area contributed by atoms with E-state index >= 15 is 0 Å². The van der Waals surface area contributed by atoms with Crippen molar-refractivity contribution >= 4 is 17.7 Å². The first kappa shape index (κ1) is 9.03. The van der Waals surface area contributed by atoms with Gasteiger partial charge in [-0.3, -0.25) is 4.79 Å². The Morgan fingerprint density at radius 2 is 2.60 bits per heavy atom. The molecule has 1 aromatic heterocycles. The predicted octanol–water partition coefficient (Wildman–Crippen LogP) is 0.491. The molecule has 1 N–H and O–H groups in total. The molecule has 4 nitrogen and oxygen atoms in total. The van der Waals surface area contributed by atoms with E-state index in [-0.39, 0.29) is 5.91 Å². The zero-order valence-corrected chi connectivity index (χ0v) is 9.04. The van der Waals surface area contributed by atoms with Crippen molar-refractivity contribution in [2.45, 2.75) is 18.3 Å². The Morgan fingerprint density at radius 3 is 3.33 bits per heavy atom. The molecule has 1 fully saturated rings. The first-order valence-electron chi connectivity index (χ1n) is 4.98. The van der Waals surface area contributed by atoms with Crippen LogP contribution < -0.4 is 4.68 Å². The summed E-state index contributed by atoms with van der Waals surface area (Å²) in [6.45, 7) is 0.844. The van der Waals surface area contributed by atoms with Crippen LogP contribution in [0, 0.1) is 0 Å². The van der Waals surface area contributed by atoms with Gasteiger partial charge in [0.25, 0.3) is 0 Å². The van der Waals surface area contributed by atoms with Gasteiger partial charge in [0.05, 0.1) is 18.0 Å². The molecule has 1 amide bonds. The van der Waals surface area contributed by atoms with E-state index in [1.807, 2.05) is 46.0 Å². The minimum Gasteiger partial charge on any atom is -0.306 e. The van der Waals surface area contributed by atoms with Gasteiger partial charge >= 0.3 is 0 Å². The summed E-state index contributed by atoms with van der Waals surface area (Å²) in [6.07, 6.45) is 6.62. The number of hydrogen-bond donors (Lipinski definition) is 1. The molecule has 0 unspecified atom stereocenters. The highest BCUT2D eigenvalue weighted by Crippen LogP contribution is 2.35. The van der Waals surface area contributed by atoms with Crippen molar-refractivity contribution in [3.05, 3.63) is 30.2 Å². The van der Waals surface area contributed by atoms with Crippen molar-refractivity contribution in [1.29, 1.82) is 0 Å². The number of rotatable bonds is 2. The van der Waals surface area contributed by atoms with Gasteiger partial charge in [-0.05, 0) is 0 Å². The van der Waals surface area contributed by atoms with Gasteiger partial charge in [-0.1, -0.05) is 0 Å². The van der Waals surface area contributed by atoms with Gasteiger partial charge in [-0.2, -0.15) is 5.10 Å². The van der Waals surface area contributed by atoms with Gasteiger partial charge in [0.1, 0.15) is 0 Å². The average Bonchev–Trinajstić information content (AvgIpc) is 2.72. The fourth-order valence-electron chi connectivity index (χ4n) is 1.87. The SMILES string of the molecule is O=C1C[C@H]2SCC(C[n+]3ccc[nH]3)=CN12. The molecule has 15 heavy (non-hydrogen) atoms. The molecule has 1 saturated heterocycles. The predicted molar refractivity (Wildman–Crippen MR) is 56.8 cm³/mol. The number of carbonyl (C=O) groups is 1. The third-order valence-corrected chi connectivity index (χ3v) is 4.02. The lowest BCUT2D eigenvalue weighted by atomic mass is 10.2. The molecule has 2 aliphatic heterocycles. The molecule has 2 aliphatic rings. The molecule has 5 heteroatoms. The number of H-pyrrole nitrogens is 1. The summed E-state index contributed by atoms with van der Waals surface area (Å²) in [6, 6.07) is 1.97. The molecule has 1 aromatic rings. The fourth-order valence-corrected chi connectivity index (χ4v) is 3.04. The zero-order valence-electron chi connectivity index (χ0n) is 8.22. The normalized spacial score (nSPS) is 24.5. The highest BCUT2D eigenvalue weighted by molar-refractivity contribution is 8.00. The van der Waals surface area contributed by atoms with Crippen LogP contribution in [0.2, 0.25) is 0 Å². The minimum atomic E-state index is 0.251. The largest absolute Gasteiger partial charge is 0.306 e. The molecule has 1 atom stereocenters. The quantitative estimate of drug-likeness (QED) is 0.584. The van der Waals surface area contributed by atoms with E-state index in [1.54, 1.807) is 0 Å². The van der Waals surface area contributed by atoms with Crippen LogP contribution in [0.1, 0.15) is 6.42 Å². The zero-order chi connectivity index (χ0) is 10.3. The Kier molecular flexibility index (Phi) is 2.05. The van der Waals surface area contributed by atoms with Gasteiger partial charge in [-0.15, -0.1) is 16.4 Å². The highest BCUT2D eigenvalue weighted by atomic mass is 32.2. The maximum Gasteiger partial charge on any atom is 0.230 e. The van der Waals surface area contributed by atoms with Gasteiger partial charge in [0.15, 0.2) is 12.7 Å². The lowest BCUT2D eigenvalue weighted by molar-refractivity contribution is -0.742. The Hall–Kier alpha value is -1.23. The van der Waals surface area contributed by atoms with Crippen molar-refractivity contribution in [1.82, 2.24) is 10.00 Å². The third kappa shape index (κ3) is 1.56. The smallest absolute Gasteiger partial charge is 0.230 e. The van der Waals surface area contributed by atoms with Crippen molar-refractivity contribution in [2.24, 2.45) is 0 Å². The molecule has 3 rings (SSSR count). The summed E-state index contributed by atoms with van der Waals surface area (Å²) in [5.74, 6) is 1.28. The van der Waals surface area contributed by atoms with Gasteiger partial charge < -0.3 is 4.90 Å². The summed E-state index contributed by atoms with van der Waals surface area (Å²) < 4.78 is 2.01. The number of aromatic amines is 1. The van der Waals surface area contributed by atoms with Crippen LogP contribution in [0.4, 0.5) is 0 Å². The molecule has 3 heterocycles. The van der Waals surface area contributed by atoms with Crippen molar-refractivity contribution in [2.75, 3.05) is 5.75 Å². The van der Waals surface area contributed by atoms with Crippen molar-refractivity contribution < 1.29 is 9.48 Å². The average molecular weight is 222 g/mol. The summed E-state index contributed by atoms with van der Waals surface area (Å²) >= 11 is 1.86. The van der Waals surface area contributed by atoms with Crippen LogP contribution in [-0.2, 0) is 11.3 Å². The number of nitrogens with one attached hydrogen (secondary N) is 1. The van der Waals surface area contributed by atoms with Crippen LogP contribution in [0.25, 0.3) is 0 Å². The topological polar surface area (TPSA) is 40.0 Å².